The van der Waals surface area contributed by atoms with Gasteiger partial charge in [-0.3, -0.25) is 4.79 Å². The zero-order valence-electron chi connectivity index (χ0n) is 11.8. The van der Waals surface area contributed by atoms with E-state index in [4.69, 9.17) is 4.74 Å². The van der Waals surface area contributed by atoms with Gasteiger partial charge in [0.05, 0.1) is 19.1 Å². The fourth-order valence-electron chi connectivity index (χ4n) is 2.24. The van der Waals surface area contributed by atoms with Crippen LogP contribution in [0.2, 0.25) is 0 Å². The maximum atomic E-state index is 11.8. The predicted octanol–water partition coefficient (Wildman–Crippen LogP) is 1.84. The number of carbonyl (C=O) groups is 1. The van der Waals surface area contributed by atoms with Gasteiger partial charge in [0.25, 0.3) is 0 Å². The van der Waals surface area contributed by atoms with Crippen molar-refractivity contribution in [3.63, 3.8) is 0 Å². The van der Waals surface area contributed by atoms with Gasteiger partial charge in [-0.15, -0.1) is 0 Å². The van der Waals surface area contributed by atoms with Crippen LogP contribution in [0.1, 0.15) is 52.4 Å². The summed E-state index contributed by atoms with van der Waals surface area (Å²) in [6, 6.07) is 0.283. The molecular formula is C14H28N2O2. The highest BCUT2D eigenvalue weighted by molar-refractivity contribution is 5.76. The predicted molar refractivity (Wildman–Crippen MR) is 73.6 cm³/mol. The Kier molecular flexibility index (Phi) is 8.01. The molecule has 2 N–H and O–H groups in total. The third-order valence-electron chi connectivity index (χ3n) is 3.32. The molecule has 1 aliphatic rings. The molecule has 0 aromatic rings. The molecule has 0 radical (unpaired) electrons. The van der Waals surface area contributed by atoms with Crippen molar-refractivity contribution in [2.75, 3.05) is 19.7 Å². The summed E-state index contributed by atoms with van der Waals surface area (Å²) in [7, 11) is 0. The molecule has 18 heavy (non-hydrogen) atoms. The largest absolute Gasteiger partial charge is 0.375 e. The van der Waals surface area contributed by atoms with Crippen molar-refractivity contribution in [3.8, 4) is 0 Å². The second-order valence-electron chi connectivity index (χ2n) is 5.22. The van der Waals surface area contributed by atoms with Crippen LogP contribution in [0, 0.1) is 0 Å². The smallest absolute Gasteiger partial charge is 0.222 e. The topological polar surface area (TPSA) is 50.4 Å². The zero-order chi connectivity index (χ0) is 13.2. The van der Waals surface area contributed by atoms with Crippen LogP contribution < -0.4 is 10.6 Å². The SMILES string of the molecule is CCCCCCC(C)NC(=O)CC1CNCCO1. The summed E-state index contributed by atoms with van der Waals surface area (Å²) in [6.45, 7) is 6.70. The van der Waals surface area contributed by atoms with E-state index < -0.39 is 0 Å². The number of amides is 1. The van der Waals surface area contributed by atoms with E-state index in [9.17, 15) is 4.79 Å². The average Bonchev–Trinajstić information content (AvgIpc) is 2.35. The van der Waals surface area contributed by atoms with Gasteiger partial charge in [0, 0.05) is 19.1 Å². The van der Waals surface area contributed by atoms with Gasteiger partial charge < -0.3 is 15.4 Å². The molecule has 2 unspecified atom stereocenters. The molecule has 1 saturated heterocycles. The van der Waals surface area contributed by atoms with Crippen molar-refractivity contribution >= 4 is 5.91 Å². The summed E-state index contributed by atoms with van der Waals surface area (Å²) in [6.07, 6.45) is 6.63. The maximum absolute atomic E-state index is 11.8. The quantitative estimate of drug-likeness (QED) is 0.652. The summed E-state index contributed by atoms with van der Waals surface area (Å²) >= 11 is 0. The summed E-state index contributed by atoms with van der Waals surface area (Å²) in [5.41, 5.74) is 0. The van der Waals surface area contributed by atoms with Crippen molar-refractivity contribution < 1.29 is 9.53 Å². The highest BCUT2D eigenvalue weighted by Crippen LogP contribution is 2.06. The van der Waals surface area contributed by atoms with Gasteiger partial charge in [0.2, 0.25) is 5.91 Å². The van der Waals surface area contributed by atoms with Gasteiger partial charge in [0.15, 0.2) is 0 Å². The number of ether oxygens (including phenoxy) is 1. The Bertz CT molecular complexity index is 228. The second kappa shape index (κ2) is 9.34. The number of unbranched alkanes of at least 4 members (excludes halogenated alkanes) is 3. The monoisotopic (exact) mass is 256 g/mol. The molecule has 1 amide bonds. The van der Waals surface area contributed by atoms with Gasteiger partial charge in [0.1, 0.15) is 0 Å². The minimum Gasteiger partial charge on any atom is -0.375 e. The van der Waals surface area contributed by atoms with E-state index in [1.807, 2.05) is 0 Å². The Morgan fingerprint density at radius 2 is 2.28 bits per heavy atom. The summed E-state index contributed by atoms with van der Waals surface area (Å²) in [5, 5.41) is 6.29. The van der Waals surface area contributed by atoms with Crippen molar-refractivity contribution in [2.45, 2.75) is 64.5 Å². The first-order chi connectivity index (χ1) is 8.72. The first kappa shape index (κ1) is 15.4. The first-order valence-electron chi connectivity index (χ1n) is 7.34. The van der Waals surface area contributed by atoms with Crippen LogP contribution in [0.5, 0.6) is 0 Å². The highest BCUT2D eigenvalue weighted by Gasteiger charge is 2.18. The molecule has 1 fully saturated rings. The van der Waals surface area contributed by atoms with Gasteiger partial charge in [-0.2, -0.15) is 0 Å². The van der Waals surface area contributed by atoms with Crippen LogP contribution in [0.25, 0.3) is 0 Å². The third-order valence-corrected chi connectivity index (χ3v) is 3.32. The van der Waals surface area contributed by atoms with Crippen LogP contribution in [-0.2, 0) is 9.53 Å². The lowest BCUT2D eigenvalue weighted by Crippen LogP contribution is -2.42. The van der Waals surface area contributed by atoms with E-state index in [1.165, 1.54) is 25.7 Å². The minimum atomic E-state index is 0.0473. The van der Waals surface area contributed by atoms with E-state index in [2.05, 4.69) is 24.5 Å². The standard InChI is InChI=1S/C14H28N2O2/c1-3-4-5-6-7-12(2)16-14(17)10-13-11-15-8-9-18-13/h12-13,15H,3-11H2,1-2H3,(H,16,17). The molecule has 0 aromatic carbocycles. The molecular weight excluding hydrogens is 228 g/mol. The number of hydrogen-bond donors (Lipinski definition) is 2. The molecule has 0 saturated carbocycles. The second-order valence-corrected chi connectivity index (χ2v) is 5.22. The van der Waals surface area contributed by atoms with E-state index in [0.717, 1.165) is 19.5 Å². The Morgan fingerprint density at radius 1 is 1.44 bits per heavy atom. The van der Waals surface area contributed by atoms with E-state index in [-0.39, 0.29) is 18.1 Å². The zero-order valence-corrected chi connectivity index (χ0v) is 11.8. The lowest BCUT2D eigenvalue weighted by molar-refractivity contribution is -0.125. The van der Waals surface area contributed by atoms with Crippen molar-refractivity contribution in [3.05, 3.63) is 0 Å². The third kappa shape index (κ3) is 6.97. The van der Waals surface area contributed by atoms with Gasteiger partial charge in [-0.1, -0.05) is 32.6 Å². The normalized spacial score (nSPS) is 21.6. The van der Waals surface area contributed by atoms with Crippen LogP contribution >= 0.6 is 0 Å². The summed E-state index contributed by atoms with van der Waals surface area (Å²) in [4.78, 5) is 11.8. The molecule has 0 spiro atoms. The summed E-state index contributed by atoms with van der Waals surface area (Å²) < 4.78 is 5.52. The molecule has 1 heterocycles. The van der Waals surface area contributed by atoms with Gasteiger partial charge in [-0.05, 0) is 13.3 Å². The fourth-order valence-corrected chi connectivity index (χ4v) is 2.24. The Balaban J connectivity index is 2.06. The molecule has 0 aromatic heterocycles. The van der Waals surface area contributed by atoms with Crippen molar-refractivity contribution in [2.24, 2.45) is 0 Å². The molecule has 2 atom stereocenters. The Labute approximate surface area is 111 Å². The number of carbonyl (C=O) groups excluding carboxylic acids is 1. The van der Waals surface area contributed by atoms with Gasteiger partial charge in [-0.25, -0.2) is 0 Å². The lowest BCUT2D eigenvalue weighted by atomic mass is 10.1. The number of morpholine rings is 1. The van der Waals surface area contributed by atoms with E-state index in [1.54, 1.807) is 0 Å². The molecule has 4 heteroatoms. The average molecular weight is 256 g/mol. The Morgan fingerprint density at radius 3 is 2.94 bits per heavy atom. The molecule has 1 rings (SSSR count). The van der Waals surface area contributed by atoms with E-state index in [0.29, 0.717) is 13.0 Å². The maximum Gasteiger partial charge on any atom is 0.222 e. The van der Waals surface area contributed by atoms with Crippen molar-refractivity contribution in [1.29, 1.82) is 0 Å². The first-order valence-corrected chi connectivity index (χ1v) is 7.34. The highest BCUT2D eigenvalue weighted by atomic mass is 16.5. The molecule has 0 bridgehead atoms. The minimum absolute atomic E-state index is 0.0473. The number of hydrogen-bond acceptors (Lipinski definition) is 3. The van der Waals surface area contributed by atoms with Crippen molar-refractivity contribution in [1.82, 2.24) is 10.6 Å². The molecule has 4 nitrogen and oxygen atoms in total. The van der Waals surface area contributed by atoms with Gasteiger partial charge >= 0.3 is 0 Å². The fraction of sp³-hybridized carbons (Fsp3) is 0.929. The lowest BCUT2D eigenvalue weighted by Gasteiger charge is -2.24. The van der Waals surface area contributed by atoms with E-state index >= 15 is 0 Å². The number of rotatable bonds is 8. The summed E-state index contributed by atoms with van der Waals surface area (Å²) in [5.74, 6) is 0.117. The van der Waals surface area contributed by atoms with Crippen LogP contribution in [0.4, 0.5) is 0 Å². The molecule has 106 valence electrons. The van der Waals surface area contributed by atoms with Crippen LogP contribution in [0.3, 0.4) is 0 Å². The van der Waals surface area contributed by atoms with Crippen LogP contribution in [-0.4, -0.2) is 37.7 Å². The van der Waals surface area contributed by atoms with Crippen LogP contribution in [0.15, 0.2) is 0 Å². The Hall–Kier alpha value is -0.610. The molecule has 1 aliphatic heterocycles. The molecule has 0 aliphatic carbocycles. The number of nitrogens with one attached hydrogen (secondary N) is 2.